The molecule has 1 unspecified atom stereocenters. The number of hydrogen-bond acceptors (Lipinski definition) is 5. The van der Waals surface area contributed by atoms with E-state index in [0.29, 0.717) is 16.3 Å². The molecule has 2 aromatic rings. The summed E-state index contributed by atoms with van der Waals surface area (Å²) in [5.41, 5.74) is 3.12. The van der Waals surface area contributed by atoms with Crippen LogP contribution in [0.3, 0.4) is 0 Å². The van der Waals surface area contributed by atoms with Crippen molar-refractivity contribution < 1.29 is 23.9 Å². The standard InChI is InChI=1S/C22H24ClN3O5/c1-13-4-9-18(14(2)10-13)25-22(30)26-20(28)12-31-21(29)11-19(24-15(3)27)16-5-7-17(23)8-6-16/h4-10,19H,11-12H2,1-3H3,(H,24,27)(H2,25,26,28,30). The second-order valence-corrected chi connectivity index (χ2v) is 7.43. The number of hydrogen-bond donors (Lipinski definition) is 3. The number of amides is 4. The van der Waals surface area contributed by atoms with E-state index >= 15 is 0 Å². The molecule has 0 aliphatic carbocycles. The SMILES string of the molecule is CC(=O)NC(CC(=O)OCC(=O)NC(=O)Nc1ccc(C)cc1C)c1ccc(Cl)cc1. The molecule has 164 valence electrons. The molecule has 2 aromatic carbocycles. The predicted octanol–water partition coefficient (Wildman–Crippen LogP) is 3.42. The van der Waals surface area contributed by atoms with Crippen LogP contribution in [0, 0.1) is 13.8 Å². The van der Waals surface area contributed by atoms with Gasteiger partial charge in [0.2, 0.25) is 5.91 Å². The van der Waals surface area contributed by atoms with Gasteiger partial charge in [0.1, 0.15) is 0 Å². The van der Waals surface area contributed by atoms with Crippen molar-refractivity contribution >= 4 is 41.1 Å². The highest BCUT2D eigenvalue weighted by atomic mass is 35.5. The van der Waals surface area contributed by atoms with Gasteiger partial charge in [-0.3, -0.25) is 19.7 Å². The fourth-order valence-electron chi connectivity index (χ4n) is 2.83. The number of carbonyl (C=O) groups excluding carboxylic acids is 4. The van der Waals surface area contributed by atoms with Gasteiger partial charge in [0.15, 0.2) is 6.61 Å². The van der Waals surface area contributed by atoms with Gasteiger partial charge in [-0.25, -0.2) is 4.79 Å². The third kappa shape index (κ3) is 8.10. The highest BCUT2D eigenvalue weighted by Gasteiger charge is 2.19. The molecule has 4 amide bonds. The van der Waals surface area contributed by atoms with Gasteiger partial charge in [0.05, 0.1) is 12.5 Å². The van der Waals surface area contributed by atoms with Gasteiger partial charge in [0.25, 0.3) is 5.91 Å². The Hall–Kier alpha value is -3.39. The smallest absolute Gasteiger partial charge is 0.325 e. The van der Waals surface area contributed by atoms with Gasteiger partial charge in [-0.2, -0.15) is 0 Å². The molecule has 0 spiro atoms. The van der Waals surface area contributed by atoms with Crippen molar-refractivity contribution in [3.8, 4) is 0 Å². The Balaban J connectivity index is 1.85. The minimum absolute atomic E-state index is 0.191. The maximum absolute atomic E-state index is 12.2. The number of rotatable bonds is 7. The van der Waals surface area contributed by atoms with E-state index in [4.69, 9.17) is 16.3 Å². The zero-order valence-electron chi connectivity index (χ0n) is 17.5. The van der Waals surface area contributed by atoms with Crippen molar-refractivity contribution in [2.75, 3.05) is 11.9 Å². The number of nitrogens with one attached hydrogen (secondary N) is 3. The van der Waals surface area contributed by atoms with E-state index in [9.17, 15) is 19.2 Å². The van der Waals surface area contributed by atoms with E-state index in [1.807, 2.05) is 26.0 Å². The highest BCUT2D eigenvalue weighted by molar-refractivity contribution is 6.30. The van der Waals surface area contributed by atoms with Gasteiger partial charge >= 0.3 is 12.0 Å². The molecule has 0 radical (unpaired) electrons. The van der Waals surface area contributed by atoms with Crippen molar-refractivity contribution in [1.29, 1.82) is 0 Å². The molecule has 0 heterocycles. The number of urea groups is 1. The lowest BCUT2D eigenvalue weighted by atomic mass is 10.0. The number of halogens is 1. The molecule has 1 atom stereocenters. The number of ether oxygens (including phenoxy) is 1. The van der Waals surface area contributed by atoms with E-state index in [2.05, 4.69) is 16.0 Å². The summed E-state index contributed by atoms with van der Waals surface area (Å²) >= 11 is 5.86. The molecule has 31 heavy (non-hydrogen) atoms. The molecule has 2 rings (SSSR count). The summed E-state index contributed by atoms with van der Waals surface area (Å²) in [6.45, 7) is 4.46. The van der Waals surface area contributed by atoms with Crippen molar-refractivity contribution in [3.05, 3.63) is 64.2 Å². The minimum atomic E-state index is -0.779. The maximum atomic E-state index is 12.2. The summed E-state index contributed by atoms with van der Waals surface area (Å²) in [6.07, 6.45) is -0.191. The molecule has 0 aromatic heterocycles. The summed E-state index contributed by atoms with van der Waals surface area (Å²) in [7, 11) is 0. The van der Waals surface area contributed by atoms with Crippen LogP contribution in [0.4, 0.5) is 10.5 Å². The molecular formula is C22H24ClN3O5. The van der Waals surface area contributed by atoms with Gasteiger partial charge in [-0.05, 0) is 43.2 Å². The Morgan fingerprint density at radius 2 is 1.71 bits per heavy atom. The average molecular weight is 446 g/mol. The molecule has 8 nitrogen and oxygen atoms in total. The van der Waals surface area contributed by atoms with Gasteiger partial charge in [0, 0.05) is 17.6 Å². The van der Waals surface area contributed by atoms with Crippen LogP contribution in [0.1, 0.15) is 36.1 Å². The molecule has 0 fully saturated rings. The first-order valence-electron chi connectivity index (χ1n) is 9.50. The number of benzene rings is 2. The number of imide groups is 1. The maximum Gasteiger partial charge on any atom is 0.325 e. The van der Waals surface area contributed by atoms with Crippen molar-refractivity contribution in [3.63, 3.8) is 0 Å². The minimum Gasteiger partial charge on any atom is -0.455 e. The molecule has 0 aliphatic rings. The van der Waals surface area contributed by atoms with Crippen LogP contribution in [0.15, 0.2) is 42.5 Å². The van der Waals surface area contributed by atoms with Crippen LogP contribution in [0.2, 0.25) is 5.02 Å². The van der Waals surface area contributed by atoms with Gasteiger partial charge in [-0.15, -0.1) is 0 Å². The molecule has 0 saturated carbocycles. The lowest BCUT2D eigenvalue weighted by Gasteiger charge is -2.17. The Bertz CT molecular complexity index is 976. The molecule has 0 saturated heterocycles. The molecular weight excluding hydrogens is 422 g/mol. The monoisotopic (exact) mass is 445 g/mol. The van der Waals surface area contributed by atoms with Crippen LogP contribution in [-0.4, -0.2) is 30.4 Å². The van der Waals surface area contributed by atoms with E-state index in [-0.39, 0.29) is 12.3 Å². The summed E-state index contributed by atoms with van der Waals surface area (Å²) in [5, 5.41) is 7.84. The van der Waals surface area contributed by atoms with Crippen LogP contribution in [0.5, 0.6) is 0 Å². The quantitative estimate of drug-likeness (QED) is 0.565. The van der Waals surface area contributed by atoms with E-state index < -0.39 is 30.6 Å². The van der Waals surface area contributed by atoms with Gasteiger partial charge < -0.3 is 15.4 Å². The normalized spacial score (nSPS) is 11.2. The largest absolute Gasteiger partial charge is 0.455 e. The molecule has 0 aliphatic heterocycles. The van der Waals surface area contributed by atoms with Crippen molar-refractivity contribution in [2.45, 2.75) is 33.2 Å². The van der Waals surface area contributed by atoms with Crippen LogP contribution < -0.4 is 16.0 Å². The molecule has 0 bridgehead atoms. The Labute approximate surface area is 185 Å². The predicted molar refractivity (Wildman–Crippen MR) is 117 cm³/mol. The lowest BCUT2D eigenvalue weighted by Crippen LogP contribution is -2.37. The van der Waals surface area contributed by atoms with Crippen molar-refractivity contribution in [2.24, 2.45) is 0 Å². The second-order valence-electron chi connectivity index (χ2n) is 6.99. The van der Waals surface area contributed by atoms with E-state index in [1.165, 1.54) is 6.92 Å². The van der Waals surface area contributed by atoms with Crippen LogP contribution in [0.25, 0.3) is 0 Å². The number of esters is 1. The number of aryl methyl sites for hydroxylation is 2. The fourth-order valence-corrected chi connectivity index (χ4v) is 2.96. The summed E-state index contributed by atoms with van der Waals surface area (Å²) in [4.78, 5) is 47.5. The first kappa shape index (κ1) is 23.9. The van der Waals surface area contributed by atoms with Crippen LogP contribution in [-0.2, 0) is 19.1 Å². The fraction of sp³-hybridized carbons (Fsp3) is 0.273. The average Bonchev–Trinajstić information content (AvgIpc) is 2.68. The second kappa shape index (κ2) is 11.1. The lowest BCUT2D eigenvalue weighted by molar-refractivity contribution is -0.148. The summed E-state index contributed by atoms with van der Waals surface area (Å²) in [5.74, 6) is -1.81. The zero-order chi connectivity index (χ0) is 23.0. The van der Waals surface area contributed by atoms with Crippen LogP contribution >= 0.6 is 11.6 Å². The summed E-state index contributed by atoms with van der Waals surface area (Å²) < 4.78 is 4.94. The Morgan fingerprint density at radius 3 is 2.32 bits per heavy atom. The van der Waals surface area contributed by atoms with E-state index in [1.54, 1.807) is 30.3 Å². The first-order chi connectivity index (χ1) is 14.6. The third-order valence-corrected chi connectivity index (χ3v) is 4.52. The summed E-state index contributed by atoms with van der Waals surface area (Å²) in [6, 6.07) is 10.7. The van der Waals surface area contributed by atoms with E-state index in [0.717, 1.165) is 11.1 Å². The first-order valence-corrected chi connectivity index (χ1v) is 9.88. The zero-order valence-corrected chi connectivity index (χ0v) is 18.2. The van der Waals surface area contributed by atoms with Crippen molar-refractivity contribution in [1.82, 2.24) is 10.6 Å². The number of anilines is 1. The molecule has 9 heteroatoms. The Morgan fingerprint density at radius 1 is 1.03 bits per heavy atom. The molecule has 3 N–H and O–H groups in total. The van der Waals surface area contributed by atoms with Gasteiger partial charge in [-0.1, -0.05) is 41.4 Å². The topological polar surface area (TPSA) is 114 Å². The Kier molecular flexibility index (Phi) is 8.57. The number of carbonyl (C=O) groups is 4. The highest BCUT2D eigenvalue weighted by Crippen LogP contribution is 2.20. The third-order valence-electron chi connectivity index (χ3n) is 4.27.